The summed E-state index contributed by atoms with van der Waals surface area (Å²) >= 11 is 0. The van der Waals surface area contributed by atoms with E-state index in [9.17, 15) is 5.11 Å². The predicted molar refractivity (Wildman–Crippen MR) is 116 cm³/mol. The van der Waals surface area contributed by atoms with Crippen molar-refractivity contribution in [3.05, 3.63) is 35.9 Å². The molecule has 2 unspecified atom stereocenters. The van der Waals surface area contributed by atoms with Gasteiger partial charge in [-0.15, -0.1) is 0 Å². The predicted octanol–water partition coefficient (Wildman–Crippen LogP) is 5.70. The van der Waals surface area contributed by atoms with Crippen molar-refractivity contribution in [1.82, 2.24) is 4.90 Å². The maximum absolute atomic E-state index is 11.3. The second-order valence-electron chi connectivity index (χ2n) is 9.21. The fourth-order valence-corrected chi connectivity index (χ4v) is 5.16. The molecule has 1 aromatic carbocycles. The summed E-state index contributed by atoms with van der Waals surface area (Å²) in [5.41, 5.74) is 0.886. The molecule has 1 aromatic rings. The lowest BCUT2D eigenvalue weighted by Gasteiger charge is -2.52. The molecule has 2 saturated heterocycles. The van der Waals surface area contributed by atoms with Gasteiger partial charge in [-0.2, -0.15) is 0 Å². The molecule has 3 rings (SSSR count). The number of aliphatic hydroxyl groups is 1. The molecule has 0 aromatic heterocycles. The van der Waals surface area contributed by atoms with Gasteiger partial charge in [-0.1, -0.05) is 95.0 Å². The molecule has 2 aliphatic rings. The van der Waals surface area contributed by atoms with Crippen LogP contribution in [0.3, 0.4) is 0 Å². The van der Waals surface area contributed by atoms with Gasteiger partial charge in [-0.25, -0.2) is 0 Å². The van der Waals surface area contributed by atoms with Crippen LogP contribution in [0.4, 0.5) is 0 Å². The van der Waals surface area contributed by atoms with E-state index in [1.165, 1.54) is 63.4 Å². The highest BCUT2D eigenvalue weighted by atomic mass is 16.5. The summed E-state index contributed by atoms with van der Waals surface area (Å²) in [5, 5.41) is 11.3. The molecular weight excluding hydrogens is 346 g/mol. The van der Waals surface area contributed by atoms with Crippen LogP contribution in [0.1, 0.15) is 89.5 Å². The highest BCUT2D eigenvalue weighted by molar-refractivity contribution is 5.15. The smallest absolute Gasteiger partial charge is 0.0679 e. The van der Waals surface area contributed by atoms with Gasteiger partial charge in [0, 0.05) is 18.6 Å². The summed E-state index contributed by atoms with van der Waals surface area (Å²) in [4.78, 5) is 2.59. The topological polar surface area (TPSA) is 32.7 Å². The zero-order valence-electron chi connectivity index (χ0n) is 18.0. The molecular formula is C25H41NO2. The van der Waals surface area contributed by atoms with Crippen LogP contribution in [0.2, 0.25) is 0 Å². The van der Waals surface area contributed by atoms with Gasteiger partial charge >= 0.3 is 0 Å². The highest BCUT2D eigenvalue weighted by Crippen LogP contribution is 2.38. The third-order valence-electron chi connectivity index (χ3n) is 6.74. The van der Waals surface area contributed by atoms with Crippen LogP contribution in [0.15, 0.2) is 30.3 Å². The maximum Gasteiger partial charge on any atom is 0.0679 e. The third kappa shape index (κ3) is 6.57. The Labute approximate surface area is 172 Å². The second-order valence-corrected chi connectivity index (χ2v) is 9.21. The summed E-state index contributed by atoms with van der Waals surface area (Å²) in [6, 6.07) is 11.4. The number of ether oxygens (including phenoxy) is 1. The summed E-state index contributed by atoms with van der Waals surface area (Å²) in [6.07, 6.45) is 14.8. The van der Waals surface area contributed by atoms with E-state index >= 15 is 0 Å². The van der Waals surface area contributed by atoms with E-state index in [2.05, 4.69) is 42.2 Å². The summed E-state index contributed by atoms with van der Waals surface area (Å²) in [5.74, 6) is 0. The molecule has 3 heteroatoms. The van der Waals surface area contributed by atoms with Crippen molar-refractivity contribution in [3.63, 3.8) is 0 Å². The first-order valence-electron chi connectivity index (χ1n) is 11.8. The van der Waals surface area contributed by atoms with Crippen molar-refractivity contribution in [2.24, 2.45) is 0 Å². The average molecular weight is 388 g/mol. The van der Waals surface area contributed by atoms with Crippen LogP contribution in [0.25, 0.3) is 0 Å². The van der Waals surface area contributed by atoms with Crippen LogP contribution in [0, 0.1) is 0 Å². The molecule has 0 saturated carbocycles. The number of morpholine rings is 1. The minimum absolute atomic E-state index is 0.358. The summed E-state index contributed by atoms with van der Waals surface area (Å²) in [7, 11) is 0. The van der Waals surface area contributed by atoms with Crippen molar-refractivity contribution < 1.29 is 9.84 Å². The van der Waals surface area contributed by atoms with E-state index < -0.39 is 5.60 Å². The van der Waals surface area contributed by atoms with Crippen LogP contribution >= 0.6 is 0 Å². The quantitative estimate of drug-likeness (QED) is 0.467. The number of piperidine rings is 1. The zero-order valence-corrected chi connectivity index (χ0v) is 18.0. The van der Waals surface area contributed by atoms with E-state index in [1.807, 2.05) is 0 Å². The van der Waals surface area contributed by atoms with Crippen molar-refractivity contribution in [2.45, 2.75) is 108 Å². The van der Waals surface area contributed by atoms with E-state index in [4.69, 9.17) is 4.74 Å². The van der Waals surface area contributed by atoms with Crippen LogP contribution in [-0.2, 0) is 11.3 Å². The van der Waals surface area contributed by atoms with Crippen molar-refractivity contribution in [1.29, 1.82) is 0 Å². The van der Waals surface area contributed by atoms with Crippen molar-refractivity contribution in [3.8, 4) is 0 Å². The monoisotopic (exact) mass is 387 g/mol. The minimum atomic E-state index is -0.479. The molecule has 0 radical (unpaired) electrons. The van der Waals surface area contributed by atoms with Crippen molar-refractivity contribution >= 4 is 0 Å². The Kier molecular flexibility index (Phi) is 8.82. The molecule has 2 bridgehead atoms. The van der Waals surface area contributed by atoms with Crippen LogP contribution in [-0.4, -0.2) is 40.9 Å². The molecule has 158 valence electrons. The van der Waals surface area contributed by atoms with Crippen molar-refractivity contribution in [2.75, 3.05) is 13.2 Å². The van der Waals surface area contributed by atoms with E-state index in [0.29, 0.717) is 12.1 Å². The molecule has 3 nitrogen and oxygen atoms in total. The highest BCUT2D eigenvalue weighted by Gasteiger charge is 2.45. The lowest BCUT2D eigenvalue weighted by Crippen LogP contribution is -2.61. The van der Waals surface area contributed by atoms with Crippen LogP contribution in [0.5, 0.6) is 0 Å². The first-order chi connectivity index (χ1) is 13.7. The minimum Gasteiger partial charge on any atom is -0.390 e. The summed E-state index contributed by atoms with van der Waals surface area (Å²) < 4.78 is 5.84. The van der Waals surface area contributed by atoms with E-state index in [1.54, 1.807) is 0 Å². The molecule has 2 fully saturated rings. The first-order valence-corrected chi connectivity index (χ1v) is 11.8. The van der Waals surface area contributed by atoms with E-state index in [-0.39, 0.29) is 0 Å². The fraction of sp³-hybridized carbons (Fsp3) is 0.760. The number of hydrogen-bond acceptors (Lipinski definition) is 3. The molecule has 28 heavy (non-hydrogen) atoms. The van der Waals surface area contributed by atoms with Gasteiger partial charge < -0.3 is 9.84 Å². The molecule has 2 aliphatic heterocycles. The number of unbranched alkanes of at least 4 members (excludes halogenated alkanes) is 8. The molecule has 2 heterocycles. The number of nitrogens with zero attached hydrogens (tertiary/aromatic N) is 1. The first kappa shape index (κ1) is 21.8. The fourth-order valence-electron chi connectivity index (χ4n) is 5.16. The van der Waals surface area contributed by atoms with Gasteiger partial charge in [0.1, 0.15) is 0 Å². The lowest BCUT2D eigenvalue weighted by molar-refractivity contribution is -0.148. The molecule has 1 N–H and O–H groups in total. The Morgan fingerprint density at radius 1 is 0.893 bits per heavy atom. The maximum atomic E-state index is 11.3. The molecule has 0 amide bonds. The molecule has 0 aliphatic carbocycles. The average Bonchev–Trinajstić information content (AvgIpc) is 2.68. The number of fused-ring (bicyclic) bond motifs is 2. The van der Waals surface area contributed by atoms with Gasteiger partial charge in [0.25, 0.3) is 0 Å². The Morgan fingerprint density at radius 2 is 1.46 bits per heavy atom. The third-order valence-corrected chi connectivity index (χ3v) is 6.74. The Bertz CT molecular complexity index is 533. The second kappa shape index (κ2) is 11.3. The number of rotatable bonds is 12. The molecule has 2 atom stereocenters. The van der Waals surface area contributed by atoms with Gasteiger partial charge in [-0.3, -0.25) is 4.90 Å². The van der Waals surface area contributed by atoms with Gasteiger partial charge in [-0.05, 0) is 24.8 Å². The summed E-state index contributed by atoms with van der Waals surface area (Å²) in [6.45, 7) is 4.79. The molecule has 0 spiro atoms. The largest absolute Gasteiger partial charge is 0.390 e. The SMILES string of the molecule is CCCCCCCCCCCC1(O)CC2COCC(C1)N2Cc1ccccc1. The van der Waals surface area contributed by atoms with Gasteiger partial charge in [0.15, 0.2) is 0 Å². The van der Waals surface area contributed by atoms with Gasteiger partial charge in [0.2, 0.25) is 0 Å². The zero-order chi connectivity index (χ0) is 19.7. The Balaban J connectivity index is 1.39. The number of benzene rings is 1. The van der Waals surface area contributed by atoms with E-state index in [0.717, 1.165) is 39.0 Å². The number of hydrogen-bond donors (Lipinski definition) is 1. The lowest BCUT2D eigenvalue weighted by atomic mass is 9.78. The standard InChI is InChI=1S/C25H41NO2/c1-2-3-4-5-6-7-8-9-13-16-25(27)17-23-20-28-21-24(18-25)26(23)19-22-14-11-10-12-15-22/h10-12,14-15,23-24,27H,2-9,13,16-21H2,1H3. The Morgan fingerprint density at radius 3 is 2.07 bits per heavy atom. The van der Waals surface area contributed by atoms with Crippen LogP contribution < -0.4 is 0 Å². The van der Waals surface area contributed by atoms with Gasteiger partial charge in [0.05, 0.1) is 18.8 Å². The normalized spacial score (nSPS) is 27.8. The Hall–Kier alpha value is -0.900.